The number of rotatable bonds is 2. The quantitative estimate of drug-likeness (QED) is 0.914. The van der Waals surface area contributed by atoms with E-state index in [1.807, 2.05) is 45.0 Å². The van der Waals surface area contributed by atoms with Gasteiger partial charge in [-0.1, -0.05) is 32.9 Å². The van der Waals surface area contributed by atoms with Gasteiger partial charge in [-0.3, -0.25) is 4.79 Å². The normalized spacial score (nSPS) is 14.5. The Kier molecular flexibility index (Phi) is 3.77. The third-order valence-corrected chi connectivity index (χ3v) is 4.01. The Balaban J connectivity index is 1.85. The van der Waals surface area contributed by atoms with E-state index in [1.54, 1.807) is 0 Å². The molecule has 2 heterocycles. The van der Waals surface area contributed by atoms with Crippen LogP contribution in [0.2, 0.25) is 0 Å². The molecule has 0 saturated carbocycles. The molecule has 1 amide bonds. The van der Waals surface area contributed by atoms with E-state index in [2.05, 4.69) is 16.1 Å². The molecule has 1 aliphatic heterocycles. The van der Waals surface area contributed by atoms with Gasteiger partial charge in [-0.05, 0) is 25.0 Å². The van der Waals surface area contributed by atoms with Crippen molar-refractivity contribution in [3.8, 4) is 11.3 Å². The first-order valence-electron chi connectivity index (χ1n) is 7.91. The second-order valence-electron chi connectivity index (χ2n) is 6.98. The van der Waals surface area contributed by atoms with Gasteiger partial charge in [0, 0.05) is 35.8 Å². The van der Waals surface area contributed by atoms with Crippen molar-refractivity contribution < 1.29 is 4.79 Å². The standard InChI is InChI=1S/C18H23N3O/c1-18(2,3)17(22)19-14-8-6-7-13(11-14)15-12-21-10-5-4-9-16(21)20-15/h6-8,11-12H,4-5,9-10H2,1-3H3,(H,19,22). The minimum absolute atomic E-state index is 0.0220. The van der Waals surface area contributed by atoms with Crippen LogP contribution in [0.4, 0.5) is 5.69 Å². The van der Waals surface area contributed by atoms with Gasteiger partial charge in [0.1, 0.15) is 5.82 Å². The van der Waals surface area contributed by atoms with Crippen molar-refractivity contribution in [2.45, 2.75) is 46.6 Å². The van der Waals surface area contributed by atoms with E-state index in [-0.39, 0.29) is 5.91 Å². The summed E-state index contributed by atoms with van der Waals surface area (Å²) in [5.74, 6) is 1.19. The lowest BCUT2D eigenvalue weighted by Crippen LogP contribution is -2.27. The van der Waals surface area contributed by atoms with Crippen LogP contribution in [0.1, 0.15) is 39.4 Å². The molecule has 1 aliphatic rings. The Morgan fingerprint density at radius 1 is 1.27 bits per heavy atom. The molecule has 0 aliphatic carbocycles. The lowest BCUT2D eigenvalue weighted by molar-refractivity contribution is -0.123. The highest BCUT2D eigenvalue weighted by Gasteiger charge is 2.21. The molecule has 0 atom stereocenters. The van der Waals surface area contributed by atoms with Gasteiger partial charge in [-0.2, -0.15) is 0 Å². The maximum Gasteiger partial charge on any atom is 0.229 e. The van der Waals surface area contributed by atoms with Crippen LogP contribution in [0, 0.1) is 5.41 Å². The number of carbonyl (C=O) groups is 1. The van der Waals surface area contributed by atoms with Crippen molar-refractivity contribution in [3.63, 3.8) is 0 Å². The molecule has 0 radical (unpaired) electrons. The smallest absolute Gasteiger partial charge is 0.229 e. The Morgan fingerprint density at radius 2 is 2.09 bits per heavy atom. The largest absolute Gasteiger partial charge is 0.334 e. The molecular weight excluding hydrogens is 274 g/mol. The molecule has 4 nitrogen and oxygen atoms in total. The second-order valence-corrected chi connectivity index (χ2v) is 6.98. The summed E-state index contributed by atoms with van der Waals surface area (Å²) < 4.78 is 2.25. The highest BCUT2D eigenvalue weighted by molar-refractivity contribution is 5.95. The number of anilines is 1. The maximum absolute atomic E-state index is 12.1. The van der Waals surface area contributed by atoms with E-state index in [1.165, 1.54) is 18.7 Å². The van der Waals surface area contributed by atoms with Crippen LogP contribution < -0.4 is 5.32 Å². The summed E-state index contributed by atoms with van der Waals surface area (Å²) in [7, 11) is 0. The lowest BCUT2D eigenvalue weighted by atomic mass is 9.95. The zero-order valence-electron chi connectivity index (χ0n) is 13.5. The predicted octanol–water partition coefficient (Wildman–Crippen LogP) is 3.87. The van der Waals surface area contributed by atoms with Gasteiger partial charge in [-0.25, -0.2) is 4.98 Å². The molecule has 0 bridgehead atoms. The molecule has 116 valence electrons. The van der Waals surface area contributed by atoms with Crippen LogP contribution in [0.5, 0.6) is 0 Å². The average Bonchev–Trinajstić information content (AvgIpc) is 2.90. The Labute approximate surface area is 131 Å². The number of imidazole rings is 1. The SMILES string of the molecule is CC(C)(C)C(=O)Nc1cccc(-c2cn3c(n2)CCCC3)c1. The van der Waals surface area contributed by atoms with Gasteiger partial charge < -0.3 is 9.88 Å². The fourth-order valence-electron chi connectivity index (χ4n) is 2.63. The first kappa shape index (κ1) is 14.8. The van der Waals surface area contributed by atoms with E-state index in [0.717, 1.165) is 29.9 Å². The number of benzene rings is 1. The van der Waals surface area contributed by atoms with Crippen molar-refractivity contribution in [2.24, 2.45) is 5.41 Å². The lowest BCUT2D eigenvalue weighted by Gasteiger charge is -2.17. The first-order chi connectivity index (χ1) is 10.4. The van der Waals surface area contributed by atoms with Crippen molar-refractivity contribution in [1.82, 2.24) is 9.55 Å². The summed E-state index contributed by atoms with van der Waals surface area (Å²) in [6.45, 7) is 6.80. The van der Waals surface area contributed by atoms with E-state index >= 15 is 0 Å². The van der Waals surface area contributed by atoms with Crippen LogP contribution in [0.25, 0.3) is 11.3 Å². The molecule has 0 fully saturated rings. The van der Waals surface area contributed by atoms with E-state index < -0.39 is 5.41 Å². The second kappa shape index (κ2) is 5.59. The molecule has 0 unspecified atom stereocenters. The zero-order chi connectivity index (χ0) is 15.7. The van der Waals surface area contributed by atoms with Gasteiger partial charge in [0.2, 0.25) is 5.91 Å². The summed E-state index contributed by atoms with van der Waals surface area (Å²) in [5, 5.41) is 2.98. The van der Waals surface area contributed by atoms with Crippen molar-refractivity contribution >= 4 is 11.6 Å². The summed E-state index contributed by atoms with van der Waals surface area (Å²) in [6, 6.07) is 7.92. The molecule has 0 spiro atoms. The summed E-state index contributed by atoms with van der Waals surface area (Å²) >= 11 is 0. The third-order valence-electron chi connectivity index (χ3n) is 4.01. The van der Waals surface area contributed by atoms with Crippen LogP contribution in [0.15, 0.2) is 30.5 Å². The summed E-state index contributed by atoms with van der Waals surface area (Å²) in [5.41, 5.74) is 2.46. The van der Waals surface area contributed by atoms with Crippen molar-refractivity contribution in [1.29, 1.82) is 0 Å². The van der Waals surface area contributed by atoms with Gasteiger partial charge >= 0.3 is 0 Å². The van der Waals surface area contributed by atoms with Gasteiger partial charge in [0.15, 0.2) is 0 Å². The molecule has 22 heavy (non-hydrogen) atoms. The number of hydrogen-bond donors (Lipinski definition) is 1. The molecule has 3 rings (SSSR count). The number of fused-ring (bicyclic) bond motifs is 1. The number of nitrogens with zero attached hydrogens (tertiary/aromatic N) is 2. The Morgan fingerprint density at radius 3 is 2.82 bits per heavy atom. The van der Waals surface area contributed by atoms with Crippen LogP contribution in [-0.2, 0) is 17.8 Å². The van der Waals surface area contributed by atoms with E-state index in [0.29, 0.717) is 0 Å². The summed E-state index contributed by atoms with van der Waals surface area (Å²) in [6.07, 6.45) is 5.63. The number of aryl methyl sites for hydroxylation is 2. The average molecular weight is 297 g/mol. The van der Waals surface area contributed by atoms with Crippen LogP contribution >= 0.6 is 0 Å². The highest BCUT2D eigenvalue weighted by Crippen LogP contribution is 2.25. The monoisotopic (exact) mass is 297 g/mol. The predicted molar refractivity (Wildman–Crippen MR) is 88.7 cm³/mol. The maximum atomic E-state index is 12.1. The van der Waals surface area contributed by atoms with Gasteiger partial charge in [-0.15, -0.1) is 0 Å². The fourth-order valence-corrected chi connectivity index (χ4v) is 2.63. The molecule has 1 aromatic carbocycles. The van der Waals surface area contributed by atoms with Gasteiger partial charge in [0.25, 0.3) is 0 Å². The number of amides is 1. The fraction of sp³-hybridized carbons (Fsp3) is 0.444. The number of aromatic nitrogens is 2. The molecule has 0 saturated heterocycles. The minimum Gasteiger partial charge on any atom is -0.334 e. The summed E-state index contributed by atoms with van der Waals surface area (Å²) in [4.78, 5) is 16.9. The van der Waals surface area contributed by atoms with Crippen molar-refractivity contribution in [3.05, 3.63) is 36.3 Å². The first-order valence-corrected chi connectivity index (χ1v) is 7.91. The highest BCUT2D eigenvalue weighted by atomic mass is 16.2. The number of nitrogens with one attached hydrogen (secondary N) is 1. The topological polar surface area (TPSA) is 46.9 Å². The molecule has 2 aromatic rings. The molecular formula is C18H23N3O. The number of carbonyl (C=O) groups excluding carboxylic acids is 1. The molecule has 1 aromatic heterocycles. The Hall–Kier alpha value is -2.10. The van der Waals surface area contributed by atoms with Crippen LogP contribution in [-0.4, -0.2) is 15.5 Å². The van der Waals surface area contributed by atoms with Gasteiger partial charge in [0.05, 0.1) is 5.69 Å². The van der Waals surface area contributed by atoms with Crippen LogP contribution in [0.3, 0.4) is 0 Å². The zero-order valence-corrected chi connectivity index (χ0v) is 13.5. The Bertz CT molecular complexity index is 671. The minimum atomic E-state index is -0.399. The number of hydrogen-bond acceptors (Lipinski definition) is 2. The molecule has 4 heteroatoms. The van der Waals surface area contributed by atoms with E-state index in [9.17, 15) is 4.79 Å². The molecule has 1 N–H and O–H groups in total. The van der Waals surface area contributed by atoms with Crippen molar-refractivity contribution in [2.75, 3.05) is 5.32 Å². The van der Waals surface area contributed by atoms with E-state index in [4.69, 9.17) is 4.98 Å². The third kappa shape index (κ3) is 3.06.